The van der Waals surface area contributed by atoms with E-state index in [9.17, 15) is 13.2 Å². The van der Waals surface area contributed by atoms with Gasteiger partial charge in [-0.25, -0.2) is 8.42 Å². The molecule has 0 aliphatic heterocycles. The Morgan fingerprint density at radius 3 is 2.28 bits per heavy atom. The van der Waals surface area contributed by atoms with Crippen LogP contribution in [0.4, 0.5) is 11.4 Å². The molecule has 2 rings (SSSR count). The minimum Gasteiger partial charge on any atom is -0.326 e. The molecule has 5 nitrogen and oxygen atoms in total. The zero-order chi connectivity index (χ0) is 18.3. The lowest BCUT2D eigenvalue weighted by Crippen LogP contribution is -2.30. The fraction of sp³-hybridized carbons (Fsp3) is 0.278. The summed E-state index contributed by atoms with van der Waals surface area (Å²) in [4.78, 5) is 11.9. The summed E-state index contributed by atoms with van der Waals surface area (Å²) in [5, 5.41) is 2.72. The molecule has 25 heavy (non-hydrogen) atoms. The molecule has 0 saturated carbocycles. The topological polar surface area (TPSA) is 66.5 Å². The number of nitrogens with one attached hydrogen (secondary N) is 1. The second kappa shape index (κ2) is 8.87. The molecule has 0 aromatic heterocycles. The van der Waals surface area contributed by atoms with Gasteiger partial charge in [0.1, 0.15) is 0 Å². The van der Waals surface area contributed by atoms with E-state index in [-0.39, 0.29) is 10.8 Å². The van der Waals surface area contributed by atoms with Gasteiger partial charge in [-0.1, -0.05) is 18.2 Å². The Hall–Kier alpha value is -2.05. The van der Waals surface area contributed by atoms with Crippen LogP contribution in [0.3, 0.4) is 0 Å². The lowest BCUT2D eigenvalue weighted by atomic mass is 10.3. The monoisotopic (exact) mass is 380 g/mol. The fourth-order valence-corrected chi connectivity index (χ4v) is 3.98. The van der Waals surface area contributed by atoms with Crippen molar-refractivity contribution in [3.63, 3.8) is 0 Å². The highest BCUT2D eigenvalue weighted by atomic mass is 35.5. The maximum Gasteiger partial charge on any atom is 0.264 e. The van der Waals surface area contributed by atoms with Crippen LogP contribution in [0.1, 0.15) is 19.8 Å². The third kappa shape index (κ3) is 4.96. The molecule has 0 saturated heterocycles. The Kier molecular flexibility index (Phi) is 6.84. The van der Waals surface area contributed by atoms with Crippen molar-refractivity contribution in [3.8, 4) is 0 Å². The molecule has 0 aliphatic carbocycles. The van der Waals surface area contributed by atoms with Crippen LogP contribution < -0.4 is 9.62 Å². The molecule has 1 amide bonds. The molecule has 1 N–H and O–H groups in total. The largest absolute Gasteiger partial charge is 0.326 e. The van der Waals surface area contributed by atoms with E-state index in [2.05, 4.69) is 5.32 Å². The number of hydrogen-bond acceptors (Lipinski definition) is 3. The number of para-hydroxylation sites is 1. The third-order valence-electron chi connectivity index (χ3n) is 3.59. The van der Waals surface area contributed by atoms with Crippen molar-refractivity contribution in [2.24, 2.45) is 0 Å². The minimum absolute atomic E-state index is 0.143. The van der Waals surface area contributed by atoms with Crippen LogP contribution in [0.15, 0.2) is 59.5 Å². The smallest absolute Gasteiger partial charge is 0.264 e. The van der Waals surface area contributed by atoms with E-state index >= 15 is 0 Å². The number of benzene rings is 2. The molecule has 2 aromatic carbocycles. The van der Waals surface area contributed by atoms with Gasteiger partial charge in [-0.05, 0) is 49.7 Å². The first kappa shape index (κ1) is 19.3. The average molecular weight is 381 g/mol. The van der Waals surface area contributed by atoms with Crippen molar-refractivity contribution in [1.82, 2.24) is 0 Å². The van der Waals surface area contributed by atoms with Crippen LogP contribution in [-0.2, 0) is 14.8 Å². The Balaban J connectivity index is 2.18. The first-order chi connectivity index (χ1) is 12.0. The number of nitrogens with zero attached hydrogens (tertiary/aromatic N) is 1. The number of carbonyl (C=O) groups is 1. The van der Waals surface area contributed by atoms with E-state index < -0.39 is 10.0 Å². The number of carbonyl (C=O) groups excluding carboxylic acids is 1. The van der Waals surface area contributed by atoms with Gasteiger partial charge in [-0.15, -0.1) is 11.6 Å². The maximum absolute atomic E-state index is 12.9. The summed E-state index contributed by atoms with van der Waals surface area (Å²) in [6.07, 6.45) is 0.934. The third-order valence-corrected chi connectivity index (χ3v) is 5.78. The van der Waals surface area contributed by atoms with Gasteiger partial charge in [0.05, 0.1) is 10.6 Å². The van der Waals surface area contributed by atoms with Gasteiger partial charge in [0.2, 0.25) is 5.91 Å². The second-order valence-corrected chi connectivity index (χ2v) is 7.61. The lowest BCUT2D eigenvalue weighted by Gasteiger charge is -2.23. The van der Waals surface area contributed by atoms with Gasteiger partial charge in [-0.2, -0.15) is 0 Å². The van der Waals surface area contributed by atoms with Crippen molar-refractivity contribution < 1.29 is 13.2 Å². The van der Waals surface area contributed by atoms with Gasteiger partial charge in [-0.3, -0.25) is 9.10 Å². The predicted molar refractivity (Wildman–Crippen MR) is 102 cm³/mol. The first-order valence-electron chi connectivity index (χ1n) is 8.02. The van der Waals surface area contributed by atoms with E-state index in [1.54, 1.807) is 43.3 Å². The molecule has 134 valence electrons. The molecule has 0 aliphatic rings. The summed E-state index contributed by atoms with van der Waals surface area (Å²) in [6.45, 7) is 2.11. The summed E-state index contributed by atoms with van der Waals surface area (Å²) < 4.78 is 27.1. The van der Waals surface area contributed by atoms with E-state index in [1.807, 2.05) is 6.07 Å². The highest BCUT2D eigenvalue weighted by Crippen LogP contribution is 2.24. The van der Waals surface area contributed by atoms with Gasteiger partial charge >= 0.3 is 0 Å². The second-order valence-electron chi connectivity index (χ2n) is 5.37. The summed E-state index contributed by atoms with van der Waals surface area (Å²) in [6, 6.07) is 15.1. The number of halogens is 1. The van der Waals surface area contributed by atoms with Gasteiger partial charge in [0.25, 0.3) is 10.0 Å². The number of alkyl halides is 1. The number of rotatable bonds is 8. The number of anilines is 2. The summed E-state index contributed by atoms with van der Waals surface area (Å²) in [5.74, 6) is 0.285. The molecule has 2 aromatic rings. The first-order valence-corrected chi connectivity index (χ1v) is 10.00. The fourth-order valence-electron chi connectivity index (χ4n) is 2.37. The quantitative estimate of drug-likeness (QED) is 0.707. The Morgan fingerprint density at radius 1 is 1.08 bits per heavy atom. The zero-order valence-electron chi connectivity index (χ0n) is 14.0. The molecule has 7 heteroatoms. The van der Waals surface area contributed by atoms with Crippen molar-refractivity contribution in [1.29, 1.82) is 0 Å². The van der Waals surface area contributed by atoms with E-state index in [4.69, 9.17) is 11.6 Å². The van der Waals surface area contributed by atoms with Crippen LogP contribution >= 0.6 is 11.6 Å². The van der Waals surface area contributed by atoms with Gasteiger partial charge in [0, 0.05) is 24.5 Å². The van der Waals surface area contributed by atoms with E-state index in [0.717, 1.165) is 0 Å². The highest BCUT2D eigenvalue weighted by molar-refractivity contribution is 7.92. The number of sulfonamides is 1. The summed E-state index contributed by atoms with van der Waals surface area (Å²) in [5.41, 5.74) is 1.17. The van der Waals surface area contributed by atoms with Crippen molar-refractivity contribution in [2.45, 2.75) is 24.7 Å². The number of hydrogen-bond donors (Lipinski definition) is 1. The van der Waals surface area contributed by atoms with Crippen LogP contribution in [0.2, 0.25) is 0 Å². The molecular formula is C18H21ClN2O3S. The average Bonchev–Trinajstić information content (AvgIpc) is 2.62. The number of amides is 1. The molecular weight excluding hydrogens is 360 g/mol. The van der Waals surface area contributed by atoms with Crippen molar-refractivity contribution in [2.75, 3.05) is 22.0 Å². The molecule has 0 atom stereocenters. The predicted octanol–water partition coefficient (Wildman–Crippen LogP) is 3.86. The molecule has 0 fully saturated rings. The van der Waals surface area contributed by atoms with E-state index in [0.29, 0.717) is 36.6 Å². The zero-order valence-corrected chi connectivity index (χ0v) is 15.6. The van der Waals surface area contributed by atoms with Crippen LogP contribution in [0, 0.1) is 0 Å². The maximum atomic E-state index is 12.9. The Bertz CT molecular complexity index is 793. The Labute approximate surface area is 153 Å². The van der Waals surface area contributed by atoms with Crippen molar-refractivity contribution in [3.05, 3.63) is 54.6 Å². The van der Waals surface area contributed by atoms with Crippen molar-refractivity contribution >= 4 is 38.9 Å². The molecule has 0 spiro atoms. The lowest BCUT2D eigenvalue weighted by molar-refractivity contribution is -0.116. The normalized spacial score (nSPS) is 11.1. The molecule has 0 heterocycles. The molecule has 0 unspecified atom stereocenters. The molecule has 0 radical (unpaired) electrons. The van der Waals surface area contributed by atoms with Gasteiger partial charge in [0.15, 0.2) is 0 Å². The SMILES string of the molecule is CCN(c1ccccc1)S(=O)(=O)c1ccc(NC(=O)CCCCl)cc1. The van der Waals surface area contributed by atoms with Gasteiger partial charge < -0.3 is 5.32 Å². The standard InChI is InChI=1S/C18H21ClN2O3S/c1-2-21(16-7-4-3-5-8-16)25(23,24)17-12-10-15(11-13-17)20-18(22)9-6-14-19/h3-5,7-8,10-13H,2,6,9,14H2,1H3,(H,20,22). The Morgan fingerprint density at radius 2 is 1.72 bits per heavy atom. The van der Waals surface area contributed by atoms with E-state index in [1.165, 1.54) is 16.4 Å². The minimum atomic E-state index is -3.66. The van der Waals surface area contributed by atoms with Crippen LogP contribution in [-0.4, -0.2) is 26.7 Å². The van der Waals surface area contributed by atoms with Crippen LogP contribution in [0.5, 0.6) is 0 Å². The summed E-state index contributed by atoms with van der Waals surface area (Å²) in [7, 11) is -3.66. The highest BCUT2D eigenvalue weighted by Gasteiger charge is 2.23. The van der Waals surface area contributed by atoms with Crippen LogP contribution in [0.25, 0.3) is 0 Å². The molecule has 0 bridgehead atoms. The summed E-state index contributed by atoms with van der Waals surface area (Å²) >= 11 is 5.56.